The van der Waals surface area contributed by atoms with Gasteiger partial charge in [-0.15, -0.1) is 18.2 Å². The van der Waals surface area contributed by atoms with Crippen molar-refractivity contribution in [1.82, 2.24) is 4.90 Å². The maximum atomic E-state index is 11.8. The zero-order valence-electron chi connectivity index (χ0n) is 12.0. The van der Waals surface area contributed by atoms with Crippen LogP contribution in [0.15, 0.2) is 12.7 Å². The fourth-order valence-electron chi connectivity index (χ4n) is 2.06. The number of carbonyl (C=O) groups is 1. The van der Waals surface area contributed by atoms with E-state index in [1.807, 2.05) is 13.8 Å². The van der Waals surface area contributed by atoms with Crippen LogP contribution in [0, 0.1) is 5.92 Å². The largest absolute Gasteiger partial charge is 0.347 e. The standard InChI is InChI=1S/C14H24ClNO3/c1-5-6-7-16(13(17)8-15)9-14-18-11(3)10(2)12(4)19-14/h5,10-12,14H,1,6-9H2,2-4H3. The molecule has 2 unspecified atom stereocenters. The first kappa shape index (κ1) is 16.5. The van der Waals surface area contributed by atoms with Crippen LogP contribution in [-0.4, -0.2) is 48.3 Å². The minimum Gasteiger partial charge on any atom is -0.347 e. The normalized spacial score (nSPS) is 30.9. The van der Waals surface area contributed by atoms with Gasteiger partial charge in [-0.25, -0.2) is 0 Å². The van der Waals surface area contributed by atoms with E-state index >= 15 is 0 Å². The molecule has 0 aromatic carbocycles. The van der Waals surface area contributed by atoms with Gasteiger partial charge in [0.25, 0.3) is 0 Å². The summed E-state index contributed by atoms with van der Waals surface area (Å²) in [6, 6.07) is 0. The Kier molecular flexibility index (Phi) is 6.83. The average Bonchev–Trinajstić information content (AvgIpc) is 2.39. The van der Waals surface area contributed by atoms with Crippen LogP contribution in [-0.2, 0) is 14.3 Å². The Balaban J connectivity index is 2.58. The minimum atomic E-state index is -0.377. The van der Waals surface area contributed by atoms with Gasteiger partial charge in [0.05, 0.1) is 18.8 Å². The second kappa shape index (κ2) is 7.88. The van der Waals surface area contributed by atoms with Crippen LogP contribution >= 0.6 is 11.6 Å². The zero-order chi connectivity index (χ0) is 14.4. The summed E-state index contributed by atoms with van der Waals surface area (Å²) in [5.74, 6) is 0.224. The number of carbonyl (C=O) groups excluding carboxylic acids is 1. The Morgan fingerprint density at radius 1 is 1.32 bits per heavy atom. The maximum absolute atomic E-state index is 11.8. The van der Waals surface area contributed by atoms with Gasteiger partial charge >= 0.3 is 0 Å². The summed E-state index contributed by atoms with van der Waals surface area (Å²) in [5.41, 5.74) is 0. The molecule has 110 valence electrons. The number of ether oxygens (including phenoxy) is 2. The van der Waals surface area contributed by atoms with E-state index in [4.69, 9.17) is 21.1 Å². The third-order valence-electron chi connectivity index (χ3n) is 3.65. The number of halogens is 1. The molecule has 0 aromatic heterocycles. The fourth-order valence-corrected chi connectivity index (χ4v) is 2.22. The molecule has 2 atom stereocenters. The summed E-state index contributed by atoms with van der Waals surface area (Å²) in [7, 11) is 0. The molecule has 1 amide bonds. The lowest BCUT2D eigenvalue weighted by atomic mass is 9.99. The lowest BCUT2D eigenvalue weighted by Crippen LogP contribution is -2.48. The van der Waals surface area contributed by atoms with Crippen molar-refractivity contribution in [1.29, 1.82) is 0 Å². The summed E-state index contributed by atoms with van der Waals surface area (Å²) in [6.45, 7) is 10.9. The number of alkyl halides is 1. The van der Waals surface area contributed by atoms with Gasteiger partial charge < -0.3 is 14.4 Å². The van der Waals surface area contributed by atoms with Gasteiger partial charge in [0.15, 0.2) is 6.29 Å². The van der Waals surface area contributed by atoms with Crippen LogP contribution in [0.5, 0.6) is 0 Å². The first-order chi connectivity index (χ1) is 8.99. The van der Waals surface area contributed by atoms with Gasteiger partial charge in [0.1, 0.15) is 5.88 Å². The van der Waals surface area contributed by atoms with Crippen molar-refractivity contribution in [3.05, 3.63) is 12.7 Å². The number of nitrogens with zero attached hydrogens (tertiary/aromatic N) is 1. The average molecular weight is 290 g/mol. The molecule has 19 heavy (non-hydrogen) atoms. The Morgan fingerprint density at radius 2 is 1.89 bits per heavy atom. The molecule has 0 saturated carbocycles. The molecule has 4 nitrogen and oxygen atoms in total. The molecule has 1 aliphatic rings. The molecule has 1 aliphatic heterocycles. The smallest absolute Gasteiger partial charge is 0.237 e. The Labute approximate surface area is 120 Å². The predicted molar refractivity (Wildman–Crippen MR) is 76.2 cm³/mol. The van der Waals surface area contributed by atoms with Crippen molar-refractivity contribution in [2.75, 3.05) is 19.0 Å². The van der Waals surface area contributed by atoms with E-state index in [1.165, 1.54) is 0 Å². The second-order valence-electron chi connectivity index (χ2n) is 5.02. The molecule has 1 saturated heterocycles. The SMILES string of the molecule is C=CCCN(CC1OC(C)C(C)C(C)O1)C(=O)CCl. The maximum Gasteiger partial charge on any atom is 0.237 e. The highest BCUT2D eigenvalue weighted by molar-refractivity contribution is 6.27. The van der Waals surface area contributed by atoms with Crippen molar-refractivity contribution in [3.63, 3.8) is 0 Å². The number of hydrogen-bond donors (Lipinski definition) is 0. The Hall–Kier alpha value is -0.580. The van der Waals surface area contributed by atoms with Gasteiger partial charge in [-0.1, -0.05) is 13.0 Å². The molecule has 1 rings (SSSR count). The van der Waals surface area contributed by atoms with Crippen molar-refractivity contribution in [2.45, 2.75) is 45.7 Å². The molecule has 1 fully saturated rings. The van der Waals surface area contributed by atoms with E-state index in [9.17, 15) is 4.79 Å². The van der Waals surface area contributed by atoms with Gasteiger partial charge in [-0.3, -0.25) is 4.79 Å². The Morgan fingerprint density at radius 3 is 2.37 bits per heavy atom. The van der Waals surface area contributed by atoms with Gasteiger partial charge in [-0.2, -0.15) is 0 Å². The van der Waals surface area contributed by atoms with Crippen LogP contribution in [0.3, 0.4) is 0 Å². The van der Waals surface area contributed by atoms with Gasteiger partial charge in [0, 0.05) is 12.5 Å². The van der Waals surface area contributed by atoms with Crippen molar-refractivity contribution in [3.8, 4) is 0 Å². The molecule has 0 spiro atoms. The number of amides is 1. The monoisotopic (exact) mass is 289 g/mol. The topological polar surface area (TPSA) is 38.8 Å². The Bertz CT molecular complexity index is 299. The minimum absolute atomic E-state index is 0.0224. The van der Waals surface area contributed by atoms with Crippen molar-refractivity contribution in [2.24, 2.45) is 5.92 Å². The molecular formula is C14H24ClNO3. The summed E-state index contributed by atoms with van der Waals surface area (Å²) >= 11 is 5.63. The summed E-state index contributed by atoms with van der Waals surface area (Å²) in [5, 5.41) is 0. The lowest BCUT2D eigenvalue weighted by Gasteiger charge is -2.39. The van der Waals surface area contributed by atoms with Crippen molar-refractivity contribution >= 4 is 17.5 Å². The molecule has 0 radical (unpaired) electrons. The van der Waals surface area contributed by atoms with Crippen LogP contribution in [0.25, 0.3) is 0 Å². The highest BCUT2D eigenvalue weighted by Gasteiger charge is 2.33. The van der Waals surface area contributed by atoms with Crippen LogP contribution < -0.4 is 0 Å². The van der Waals surface area contributed by atoms with Crippen LogP contribution in [0.1, 0.15) is 27.2 Å². The van der Waals surface area contributed by atoms with Crippen molar-refractivity contribution < 1.29 is 14.3 Å². The summed E-state index contributed by atoms with van der Waals surface area (Å²) in [4.78, 5) is 13.4. The van der Waals surface area contributed by atoms with E-state index in [0.29, 0.717) is 19.0 Å². The quantitative estimate of drug-likeness (QED) is 0.557. The van der Waals surface area contributed by atoms with Gasteiger partial charge in [-0.05, 0) is 20.3 Å². The fraction of sp³-hybridized carbons (Fsp3) is 0.786. The van der Waals surface area contributed by atoms with E-state index in [1.54, 1.807) is 11.0 Å². The molecule has 0 aliphatic carbocycles. The van der Waals surface area contributed by atoms with Gasteiger partial charge in [0.2, 0.25) is 5.91 Å². The van der Waals surface area contributed by atoms with E-state index < -0.39 is 0 Å². The van der Waals surface area contributed by atoms with E-state index in [2.05, 4.69) is 13.5 Å². The van der Waals surface area contributed by atoms with E-state index in [0.717, 1.165) is 6.42 Å². The first-order valence-corrected chi connectivity index (χ1v) is 7.28. The van der Waals surface area contributed by atoms with E-state index in [-0.39, 0.29) is 30.3 Å². The second-order valence-corrected chi connectivity index (χ2v) is 5.29. The third-order valence-corrected chi connectivity index (χ3v) is 3.88. The summed E-state index contributed by atoms with van der Waals surface area (Å²) in [6.07, 6.45) is 2.39. The summed E-state index contributed by atoms with van der Waals surface area (Å²) < 4.78 is 11.6. The number of hydrogen-bond acceptors (Lipinski definition) is 3. The highest BCUT2D eigenvalue weighted by atomic mass is 35.5. The zero-order valence-corrected chi connectivity index (χ0v) is 12.7. The van der Waals surface area contributed by atoms with Crippen LogP contribution in [0.4, 0.5) is 0 Å². The third kappa shape index (κ3) is 4.79. The molecular weight excluding hydrogens is 266 g/mol. The molecule has 0 aromatic rings. The highest BCUT2D eigenvalue weighted by Crippen LogP contribution is 2.24. The predicted octanol–water partition coefficient (Wildman–Crippen LogP) is 2.42. The molecule has 5 heteroatoms. The first-order valence-electron chi connectivity index (χ1n) is 6.75. The lowest BCUT2D eigenvalue weighted by molar-refractivity contribution is -0.260. The van der Waals surface area contributed by atoms with Crippen LogP contribution in [0.2, 0.25) is 0 Å². The molecule has 0 bridgehead atoms. The number of rotatable bonds is 6. The molecule has 1 heterocycles. The molecule has 0 N–H and O–H groups in total.